The third kappa shape index (κ3) is 16.8. The standard InChI is InChI=1S/C39H63N3.C2H6/c1-32(2)20-15-11-9-7-5-6-8-10-12-17-23-37-27-26-36(31-41-37)35(30-33(3)4)21-16-13-14-18-24-38-28-25-34-22-19-29-40-39(34)42-38;1-2/h25-28,31-32,35H,3,5-24,29-30H2,1-2,4H3,(H,40,42);1-2H3/t35-;/m0./s1. The summed E-state index contributed by atoms with van der Waals surface area (Å²) in [5.74, 6) is 2.55. The Labute approximate surface area is 273 Å². The summed E-state index contributed by atoms with van der Waals surface area (Å²) in [7, 11) is 0. The van der Waals surface area contributed by atoms with Crippen molar-refractivity contribution in [2.75, 3.05) is 11.9 Å². The van der Waals surface area contributed by atoms with Crippen LogP contribution in [0.15, 0.2) is 42.6 Å². The van der Waals surface area contributed by atoms with Crippen LogP contribution >= 0.6 is 0 Å². The topological polar surface area (TPSA) is 37.8 Å². The fourth-order valence-electron chi connectivity index (χ4n) is 6.46. The normalized spacial score (nSPS) is 13.1. The van der Waals surface area contributed by atoms with Crippen molar-refractivity contribution in [3.63, 3.8) is 0 Å². The summed E-state index contributed by atoms with van der Waals surface area (Å²) < 4.78 is 0. The van der Waals surface area contributed by atoms with Gasteiger partial charge >= 0.3 is 0 Å². The SMILES string of the molecule is C=C(C)C[C@H](CCCCCCc1ccc2c(n1)NCCC2)c1ccc(CCCCCCCCCCCCC(C)C)nc1.CC. The predicted molar refractivity (Wildman–Crippen MR) is 195 cm³/mol. The molecule has 0 fully saturated rings. The fraction of sp³-hybridized carbons (Fsp3) is 0.707. The van der Waals surface area contributed by atoms with E-state index >= 15 is 0 Å². The van der Waals surface area contributed by atoms with Crippen molar-refractivity contribution in [2.24, 2.45) is 5.92 Å². The number of fused-ring (bicyclic) bond motifs is 1. The maximum atomic E-state index is 4.88. The highest BCUT2D eigenvalue weighted by Gasteiger charge is 2.13. The molecular weight excluding hydrogens is 534 g/mol. The number of anilines is 1. The Hall–Kier alpha value is -2.16. The summed E-state index contributed by atoms with van der Waals surface area (Å²) in [6.07, 6.45) is 29.5. The van der Waals surface area contributed by atoms with E-state index in [1.54, 1.807) is 0 Å². The molecule has 248 valence electrons. The van der Waals surface area contributed by atoms with Crippen LogP contribution < -0.4 is 5.32 Å². The Morgan fingerprint density at radius 3 is 1.91 bits per heavy atom. The molecule has 0 bridgehead atoms. The zero-order chi connectivity index (χ0) is 31.8. The predicted octanol–water partition coefficient (Wildman–Crippen LogP) is 12.6. The molecule has 0 aromatic carbocycles. The lowest BCUT2D eigenvalue weighted by molar-refractivity contribution is 0.504. The highest BCUT2D eigenvalue weighted by atomic mass is 15.0. The zero-order valence-electron chi connectivity index (χ0n) is 29.7. The van der Waals surface area contributed by atoms with Crippen molar-refractivity contribution in [2.45, 2.75) is 175 Å². The molecule has 0 spiro atoms. The third-order valence-corrected chi connectivity index (χ3v) is 9.07. The van der Waals surface area contributed by atoms with Gasteiger partial charge < -0.3 is 5.32 Å². The first-order valence-electron chi connectivity index (χ1n) is 18.8. The van der Waals surface area contributed by atoms with Crippen molar-refractivity contribution < 1.29 is 0 Å². The van der Waals surface area contributed by atoms with Gasteiger partial charge in [-0.05, 0) is 93.4 Å². The molecule has 1 aliphatic rings. The number of aryl methyl sites for hydroxylation is 3. The molecule has 0 amide bonds. The monoisotopic (exact) mass is 604 g/mol. The minimum Gasteiger partial charge on any atom is -0.370 e. The van der Waals surface area contributed by atoms with E-state index in [0.717, 1.165) is 44.0 Å². The second-order valence-electron chi connectivity index (χ2n) is 13.7. The van der Waals surface area contributed by atoms with Crippen LogP contribution in [0.5, 0.6) is 0 Å². The van der Waals surface area contributed by atoms with Gasteiger partial charge in [-0.1, -0.05) is 129 Å². The van der Waals surface area contributed by atoms with Crippen LogP contribution in [-0.2, 0) is 19.3 Å². The van der Waals surface area contributed by atoms with Crippen LogP contribution in [0.2, 0.25) is 0 Å². The van der Waals surface area contributed by atoms with Crippen LogP contribution in [0.4, 0.5) is 5.82 Å². The van der Waals surface area contributed by atoms with E-state index in [2.05, 4.69) is 63.1 Å². The number of aromatic nitrogens is 2. The van der Waals surface area contributed by atoms with E-state index in [4.69, 9.17) is 9.97 Å². The minimum absolute atomic E-state index is 0.549. The molecule has 0 aliphatic carbocycles. The molecule has 1 N–H and O–H groups in total. The van der Waals surface area contributed by atoms with Gasteiger partial charge in [-0.25, -0.2) is 4.98 Å². The second kappa shape index (κ2) is 24.1. The molecule has 0 saturated carbocycles. The lowest BCUT2D eigenvalue weighted by Gasteiger charge is -2.18. The summed E-state index contributed by atoms with van der Waals surface area (Å²) in [5.41, 5.74) is 6.57. The lowest BCUT2D eigenvalue weighted by Crippen LogP contribution is -2.13. The van der Waals surface area contributed by atoms with E-state index in [1.807, 2.05) is 13.8 Å². The Morgan fingerprint density at radius 1 is 0.750 bits per heavy atom. The Bertz CT molecular complexity index is 993. The fourth-order valence-corrected chi connectivity index (χ4v) is 6.46. The average Bonchev–Trinajstić information content (AvgIpc) is 3.03. The first-order chi connectivity index (χ1) is 21.5. The summed E-state index contributed by atoms with van der Waals surface area (Å²) in [6.45, 7) is 16.1. The number of allylic oxidation sites excluding steroid dienone is 1. The van der Waals surface area contributed by atoms with Gasteiger partial charge in [0.2, 0.25) is 0 Å². The Morgan fingerprint density at radius 2 is 1.32 bits per heavy atom. The molecule has 44 heavy (non-hydrogen) atoms. The Kier molecular flexibility index (Phi) is 20.8. The van der Waals surface area contributed by atoms with Crippen molar-refractivity contribution in [1.29, 1.82) is 0 Å². The van der Waals surface area contributed by atoms with Gasteiger partial charge in [-0.15, -0.1) is 6.58 Å². The summed E-state index contributed by atoms with van der Waals surface area (Å²) in [4.78, 5) is 9.74. The minimum atomic E-state index is 0.549. The van der Waals surface area contributed by atoms with Crippen LogP contribution in [0.25, 0.3) is 0 Å². The third-order valence-electron chi connectivity index (χ3n) is 9.07. The quantitative estimate of drug-likeness (QED) is 0.101. The van der Waals surface area contributed by atoms with Gasteiger partial charge in [0.05, 0.1) is 0 Å². The second-order valence-corrected chi connectivity index (χ2v) is 13.7. The molecule has 3 rings (SSSR count). The van der Waals surface area contributed by atoms with Gasteiger partial charge in [0.1, 0.15) is 5.82 Å². The van der Waals surface area contributed by atoms with Gasteiger partial charge in [-0.2, -0.15) is 0 Å². The largest absolute Gasteiger partial charge is 0.370 e. The number of unbranched alkanes of at least 4 members (excludes halogenated alkanes) is 12. The number of pyridine rings is 2. The van der Waals surface area contributed by atoms with Crippen LogP contribution in [0.3, 0.4) is 0 Å². The molecule has 1 atom stereocenters. The molecule has 3 heterocycles. The molecule has 2 aromatic heterocycles. The van der Waals surface area contributed by atoms with Crippen LogP contribution in [-0.4, -0.2) is 16.5 Å². The van der Waals surface area contributed by atoms with Crippen molar-refractivity contribution in [3.05, 3.63) is 65.1 Å². The number of nitrogens with one attached hydrogen (secondary N) is 1. The van der Waals surface area contributed by atoms with E-state index in [9.17, 15) is 0 Å². The number of hydrogen-bond acceptors (Lipinski definition) is 3. The molecule has 0 radical (unpaired) electrons. The first-order valence-corrected chi connectivity index (χ1v) is 18.8. The van der Waals surface area contributed by atoms with Crippen molar-refractivity contribution in [3.8, 4) is 0 Å². The zero-order valence-corrected chi connectivity index (χ0v) is 29.7. The molecule has 2 aromatic rings. The van der Waals surface area contributed by atoms with Crippen molar-refractivity contribution in [1.82, 2.24) is 9.97 Å². The Balaban J connectivity index is 0.00000330. The van der Waals surface area contributed by atoms with E-state index < -0.39 is 0 Å². The number of nitrogens with zero attached hydrogens (tertiary/aromatic N) is 2. The van der Waals surface area contributed by atoms with Crippen molar-refractivity contribution >= 4 is 5.82 Å². The molecule has 0 saturated heterocycles. The van der Waals surface area contributed by atoms with Gasteiger partial charge in [-0.3, -0.25) is 4.98 Å². The smallest absolute Gasteiger partial charge is 0.129 e. The maximum Gasteiger partial charge on any atom is 0.129 e. The molecule has 1 aliphatic heterocycles. The van der Waals surface area contributed by atoms with Gasteiger partial charge in [0.25, 0.3) is 0 Å². The van der Waals surface area contributed by atoms with E-state index in [-0.39, 0.29) is 0 Å². The number of hydrogen-bond donors (Lipinski definition) is 1. The van der Waals surface area contributed by atoms with E-state index in [1.165, 1.54) is 137 Å². The van der Waals surface area contributed by atoms with Gasteiger partial charge in [0.15, 0.2) is 0 Å². The highest BCUT2D eigenvalue weighted by molar-refractivity contribution is 5.47. The number of rotatable bonds is 23. The maximum absolute atomic E-state index is 4.88. The van der Waals surface area contributed by atoms with Crippen LogP contribution in [0, 0.1) is 5.92 Å². The van der Waals surface area contributed by atoms with E-state index in [0.29, 0.717) is 5.92 Å². The highest BCUT2D eigenvalue weighted by Crippen LogP contribution is 2.29. The summed E-state index contributed by atoms with van der Waals surface area (Å²) in [5, 5.41) is 3.47. The van der Waals surface area contributed by atoms with Gasteiger partial charge in [0, 0.05) is 24.1 Å². The molecular formula is C41H69N3. The molecule has 3 heteroatoms. The molecule has 3 nitrogen and oxygen atoms in total. The summed E-state index contributed by atoms with van der Waals surface area (Å²) in [6, 6.07) is 9.17. The lowest BCUT2D eigenvalue weighted by atomic mass is 9.88. The summed E-state index contributed by atoms with van der Waals surface area (Å²) >= 11 is 0. The molecule has 0 unspecified atom stereocenters. The first kappa shape index (κ1) is 38.0. The average molecular weight is 604 g/mol. The van der Waals surface area contributed by atoms with Crippen LogP contribution in [0.1, 0.15) is 179 Å².